The number of nitrogens with two attached hydrogens (primary N) is 1. The molecule has 72 valence electrons. The number of benzene rings is 1. The molecule has 1 nitrogen and oxygen atoms in total. The maximum absolute atomic E-state index is 5.98. The van der Waals surface area contributed by atoms with E-state index in [9.17, 15) is 0 Å². The third-order valence-electron chi connectivity index (χ3n) is 1.88. The Morgan fingerprint density at radius 1 is 1.38 bits per heavy atom. The van der Waals surface area contributed by atoms with Crippen LogP contribution >= 0.6 is 23.2 Å². The maximum atomic E-state index is 5.98. The first kappa shape index (κ1) is 10.8. The molecule has 13 heavy (non-hydrogen) atoms. The second-order valence-electron chi connectivity index (χ2n) is 3.25. The zero-order valence-corrected chi connectivity index (χ0v) is 9.07. The topological polar surface area (TPSA) is 26.0 Å². The summed E-state index contributed by atoms with van der Waals surface area (Å²) in [4.78, 5) is 0. The molecule has 0 bridgehead atoms. The van der Waals surface area contributed by atoms with E-state index >= 15 is 0 Å². The lowest BCUT2D eigenvalue weighted by Crippen LogP contribution is -2.15. The van der Waals surface area contributed by atoms with E-state index in [1.54, 1.807) is 6.07 Å². The van der Waals surface area contributed by atoms with Crippen LogP contribution in [0.3, 0.4) is 0 Å². The van der Waals surface area contributed by atoms with Crippen LogP contribution in [0, 0.1) is 0 Å². The zero-order valence-electron chi connectivity index (χ0n) is 7.56. The largest absolute Gasteiger partial charge is 0.328 e. The molecular weight excluding hydrogens is 205 g/mol. The van der Waals surface area contributed by atoms with E-state index in [0.29, 0.717) is 0 Å². The van der Waals surface area contributed by atoms with Crippen LogP contribution in [0.1, 0.15) is 18.9 Å². The van der Waals surface area contributed by atoms with Gasteiger partial charge in [-0.25, -0.2) is 0 Å². The molecule has 1 rings (SSSR count). The molecule has 1 aromatic rings. The van der Waals surface area contributed by atoms with Crippen molar-refractivity contribution in [3.05, 3.63) is 33.8 Å². The predicted molar refractivity (Wildman–Crippen MR) is 58.4 cm³/mol. The van der Waals surface area contributed by atoms with Crippen LogP contribution in [-0.4, -0.2) is 6.04 Å². The monoisotopic (exact) mass is 217 g/mol. The summed E-state index contributed by atoms with van der Waals surface area (Å²) in [6.07, 6.45) is 1.82. The summed E-state index contributed by atoms with van der Waals surface area (Å²) in [6, 6.07) is 5.71. The summed E-state index contributed by atoms with van der Waals surface area (Å²) in [7, 11) is 0. The standard InChI is InChI=1S/C10H13Cl2N/c1-7(13)2-3-8-6-9(11)4-5-10(8)12/h4-7H,2-3,13H2,1H3/t7-/m1/s1. The molecule has 1 aromatic carbocycles. The van der Waals surface area contributed by atoms with Crippen molar-refractivity contribution < 1.29 is 0 Å². The average molecular weight is 218 g/mol. The third kappa shape index (κ3) is 3.55. The van der Waals surface area contributed by atoms with Crippen molar-refractivity contribution in [2.75, 3.05) is 0 Å². The van der Waals surface area contributed by atoms with Crippen molar-refractivity contribution in [3.8, 4) is 0 Å². The fraction of sp³-hybridized carbons (Fsp3) is 0.400. The maximum Gasteiger partial charge on any atom is 0.0439 e. The molecule has 0 heterocycles. The molecule has 0 saturated carbocycles. The highest BCUT2D eigenvalue weighted by molar-refractivity contribution is 6.33. The molecule has 1 atom stereocenters. The molecule has 0 aliphatic carbocycles. The Kier molecular flexibility index (Phi) is 4.04. The summed E-state index contributed by atoms with van der Waals surface area (Å²) in [6.45, 7) is 1.98. The number of rotatable bonds is 3. The van der Waals surface area contributed by atoms with Crippen LogP contribution in [0.25, 0.3) is 0 Å². The molecule has 2 N–H and O–H groups in total. The van der Waals surface area contributed by atoms with E-state index in [2.05, 4.69) is 0 Å². The third-order valence-corrected chi connectivity index (χ3v) is 2.48. The minimum Gasteiger partial charge on any atom is -0.328 e. The van der Waals surface area contributed by atoms with Gasteiger partial charge in [-0.05, 0) is 43.5 Å². The quantitative estimate of drug-likeness (QED) is 0.827. The van der Waals surface area contributed by atoms with Crippen molar-refractivity contribution in [2.45, 2.75) is 25.8 Å². The van der Waals surface area contributed by atoms with Crippen molar-refractivity contribution in [1.82, 2.24) is 0 Å². The molecular formula is C10H13Cl2N. The fourth-order valence-electron chi connectivity index (χ4n) is 1.12. The summed E-state index contributed by atoms with van der Waals surface area (Å²) in [5, 5.41) is 1.49. The van der Waals surface area contributed by atoms with Crippen LogP contribution < -0.4 is 5.73 Å². The average Bonchev–Trinajstić information content (AvgIpc) is 2.06. The Morgan fingerprint density at radius 3 is 2.69 bits per heavy atom. The Bertz CT molecular complexity index is 284. The highest BCUT2D eigenvalue weighted by atomic mass is 35.5. The van der Waals surface area contributed by atoms with E-state index in [1.165, 1.54) is 0 Å². The van der Waals surface area contributed by atoms with Gasteiger partial charge in [0.1, 0.15) is 0 Å². The van der Waals surface area contributed by atoms with Crippen molar-refractivity contribution >= 4 is 23.2 Å². The van der Waals surface area contributed by atoms with Gasteiger partial charge in [-0.3, -0.25) is 0 Å². The predicted octanol–water partition coefficient (Wildman–Crippen LogP) is 3.27. The van der Waals surface area contributed by atoms with Gasteiger partial charge in [-0.2, -0.15) is 0 Å². The molecule has 0 aromatic heterocycles. The minimum absolute atomic E-state index is 0.204. The molecule has 0 saturated heterocycles. The van der Waals surface area contributed by atoms with Gasteiger partial charge < -0.3 is 5.73 Å². The SMILES string of the molecule is C[C@@H](N)CCc1cc(Cl)ccc1Cl. The van der Waals surface area contributed by atoms with Gasteiger partial charge in [0.15, 0.2) is 0 Å². The molecule has 0 unspecified atom stereocenters. The highest BCUT2D eigenvalue weighted by Gasteiger charge is 2.02. The normalized spacial score (nSPS) is 12.9. The van der Waals surface area contributed by atoms with E-state index < -0.39 is 0 Å². The van der Waals surface area contributed by atoms with E-state index in [-0.39, 0.29) is 6.04 Å². The van der Waals surface area contributed by atoms with Gasteiger partial charge in [0.25, 0.3) is 0 Å². The Balaban J connectivity index is 2.70. The van der Waals surface area contributed by atoms with E-state index in [0.717, 1.165) is 28.5 Å². The second kappa shape index (κ2) is 4.85. The molecule has 0 spiro atoms. The van der Waals surface area contributed by atoms with Gasteiger partial charge in [0, 0.05) is 16.1 Å². The van der Waals surface area contributed by atoms with Crippen LogP contribution in [0.15, 0.2) is 18.2 Å². The first-order valence-electron chi connectivity index (χ1n) is 4.29. The minimum atomic E-state index is 0.204. The lowest BCUT2D eigenvalue weighted by molar-refractivity contribution is 0.666. The molecule has 0 radical (unpaired) electrons. The van der Waals surface area contributed by atoms with Crippen molar-refractivity contribution in [1.29, 1.82) is 0 Å². The van der Waals surface area contributed by atoms with Crippen molar-refractivity contribution in [3.63, 3.8) is 0 Å². The first-order valence-corrected chi connectivity index (χ1v) is 5.04. The Morgan fingerprint density at radius 2 is 2.08 bits per heavy atom. The second-order valence-corrected chi connectivity index (χ2v) is 4.10. The van der Waals surface area contributed by atoms with Crippen LogP contribution in [0.2, 0.25) is 10.0 Å². The Labute approximate surface area is 88.8 Å². The first-order chi connectivity index (χ1) is 6.09. The van der Waals surface area contributed by atoms with Crippen LogP contribution in [0.5, 0.6) is 0 Å². The van der Waals surface area contributed by atoms with Crippen LogP contribution in [0.4, 0.5) is 0 Å². The number of hydrogen-bond acceptors (Lipinski definition) is 1. The molecule has 3 heteroatoms. The number of halogens is 2. The zero-order chi connectivity index (χ0) is 9.84. The lowest BCUT2D eigenvalue weighted by atomic mass is 10.1. The molecule has 0 amide bonds. The summed E-state index contributed by atoms with van der Waals surface area (Å²) < 4.78 is 0. The van der Waals surface area contributed by atoms with Crippen molar-refractivity contribution in [2.24, 2.45) is 5.73 Å². The fourth-order valence-corrected chi connectivity index (χ4v) is 1.52. The van der Waals surface area contributed by atoms with Crippen LogP contribution in [-0.2, 0) is 6.42 Å². The molecule has 0 aliphatic heterocycles. The van der Waals surface area contributed by atoms with Gasteiger partial charge in [0.2, 0.25) is 0 Å². The summed E-state index contributed by atoms with van der Waals surface area (Å²) in [5.41, 5.74) is 6.73. The summed E-state index contributed by atoms with van der Waals surface area (Å²) >= 11 is 11.8. The molecule has 0 aliphatic rings. The number of hydrogen-bond donors (Lipinski definition) is 1. The highest BCUT2D eigenvalue weighted by Crippen LogP contribution is 2.21. The smallest absolute Gasteiger partial charge is 0.0439 e. The van der Waals surface area contributed by atoms with Gasteiger partial charge in [-0.15, -0.1) is 0 Å². The molecule has 0 fully saturated rings. The van der Waals surface area contributed by atoms with Gasteiger partial charge in [-0.1, -0.05) is 23.2 Å². The Hall–Kier alpha value is -0.240. The van der Waals surface area contributed by atoms with E-state index in [1.807, 2.05) is 19.1 Å². The van der Waals surface area contributed by atoms with E-state index in [4.69, 9.17) is 28.9 Å². The summed E-state index contributed by atoms with van der Waals surface area (Å²) in [5.74, 6) is 0. The number of aryl methyl sites for hydroxylation is 1. The van der Waals surface area contributed by atoms with Gasteiger partial charge >= 0.3 is 0 Å². The lowest BCUT2D eigenvalue weighted by Gasteiger charge is -2.06. The van der Waals surface area contributed by atoms with Gasteiger partial charge in [0.05, 0.1) is 0 Å².